The van der Waals surface area contributed by atoms with Crippen LogP contribution in [0.5, 0.6) is 0 Å². The Kier molecular flexibility index (Phi) is 4.36. The molecule has 2 atom stereocenters. The number of hydrogen-bond donors (Lipinski definition) is 0. The van der Waals surface area contributed by atoms with Crippen molar-refractivity contribution in [1.29, 1.82) is 0 Å². The lowest BCUT2D eigenvalue weighted by molar-refractivity contribution is 0.116. The second kappa shape index (κ2) is 6.62. The first kappa shape index (κ1) is 15.2. The van der Waals surface area contributed by atoms with E-state index < -0.39 is 0 Å². The Labute approximate surface area is 146 Å². The zero-order valence-corrected chi connectivity index (χ0v) is 14.8. The maximum atomic E-state index is 4.50. The van der Waals surface area contributed by atoms with E-state index in [1.165, 1.54) is 31.2 Å². The van der Waals surface area contributed by atoms with E-state index in [-0.39, 0.29) is 0 Å². The van der Waals surface area contributed by atoms with Gasteiger partial charge in [-0.05, 0) is 47.2 Å². The van der Waals surface area contributed by atoms with Crippen molar-refractivity contribution in [2.45, 2.75) is 43.8 Å². The minimum absolute atomic E-state index is 0.563. The summed E-state index contributed by atoms with van der Waals surface area (Å²) in [6, 6.07) is 12.6. The van der Waals surface area contributed by atoms with Crippen LogP contribution >= 0.6 is 15.9 Å². The van der Waals surface area contributed by atoms with Gasteiger partial charge in [0.05, 0.1) is 16.7 Å². The van der Waals surface area contributed by atoms with E-state index in [0.29, 0.717) is 18.1 Å². The number of rotatable bonds is 4. The standard InChI is InChI=1S/C19H22BrN3/c20-16-13-21-23(14-16)19-11-17-8-9-18(12-19)22(17)10-4-7-15-5-2-1-3-6-15/h1-7,13-14,17-19H,8-12H2/b7-4+. The van der Waals surface area contributed by atoms with Crippen LogP contribution in [0.15, 0.2) is 53.3 Å². The van der Waals surface area contributed by atoms with Gasteiger partial charge in [-0.25, -0.2) is 0 Å². The molecule has 120 valence electrons. The normalized spacial score (nSPS) is 27.8. The molecule has 0 amide bonds. The van der Waals surface area contributed by atoms with Crippen LogP contribution in [0.3, 0.4) is 0 Å². The first-order valence-electron chi connectivity index (χ1n) is 8.46. The van der Waals surface area contributed by atoms with Gasteiger partial charge in [-0.15, -0.1) is 0 Å². The largest absolute Gasteiger partial charge is 0.294 e. The highest BCUT2D eigenvalue weighted by atomic mass is 79.9. The van der Waals surface area contributed by atoms with Gasteiger partial charge in [0.15, 0.2) is 0 Å². The Balaban J connectivity index is 1.40. The average molecular weight is 372 g/mol. The van der Waals surface area contributed by atoms with Crippen LogP contribution in [-0.2, 0) is 0 Å². The van der Waals surface area contributed by atoms with Gasteiger partial charge in [-0.3, -0.25) is 9.58 Å². The molecule has 0 N–H and O–H groups in total. The van der Waals surface area contributed by atoms with E-state index in [1.807, 2.05) is 6.20 Å². The lowest BCUT2D eigenvalue weighted by atomic mass is 9.97. The molecule has 3 nitrogen and oxygen atoms in total. The fourth-order valence-corrected chi connectivity index (χ4v) is 4.45. The predicted molar refractivity (Wildman–Crippen MR) is 97.2 cm³/mol. The number of nitrogens with zero attached hydrogens (tertiary/aromatic N) is 3. The van der Waals surface area contributed by atoms with Crippen molar-refractivity contribution < 1.29 is 0 Å². The van der Waals surface area contributed by atoms with Crippen LogP contribution in [0.1, 0.15) is 37.3 Å². The van der Waals surface area contributed by atoms with Gasteiger partial charge in [-0.1, -0.05) is 42.5 Å². The summed E-state index contributed by atoms with van der Waals surface area (Å²) in [6.45, 7) is 1.07. The smallest absolute Gasteiger partial charge is 0.0632 e. The van der Waals surface area contributed by atoms with Crippen molar-refractivity contribution in [1.82, 2.24) is 14.7 Å². The molecule has 3 heterocycles. The van der Waals surface area contributed by atoms with Crippen LogP contribution < -0.4 is 0 Å². The molecule has 1 aromatic carbocycles. The van der Waals surface area contributed by atoms with E-state index in [9.17, 15) is 0 Å². The summed E-state index contributed by atoms with van der Waals surface area (Å²) in [6.07, 6.45) is 13.7. The zero-order valence-electron chi connectivity index (χ0n) is 13.2. The summed E-state index contributed by atoms with van der Waals surface area (Å²) in [5, 5.41) is 4.50. The van der Waals surface area contributed by atoms with Gasteiger partial charge in [0.25, 0.3) is 0 Å². The van der Waals surface area contributed by atoms with E-state index in [1.54, 1.807) is 0 Å². The molecule has 2 bridgehead atoms. The first-order valence-corrected chi connectivity index (χ1v) is 9.26. The summed E-state index contributed by atoms with van der Waals surface area (Å²) in [7, 11) is 0. The zero-order chi connectivity index (χ0) is 15.6. The van der Waals surface area contributed by atoms with E-state index in [4.69, 9.17) is 0 Å². The molecule has 0 spiro atoms. The fraction of sp³-hybridized carbons (Fsp3) is 0.421. The monoisotopic (exact) mass is 371 g/mol. The molecule has 0 aliphatic carbocycles. The lowest BCUT2D eigenvalue weighted by Crippen LogP contribution is -2.43. The summed E-state index contributed by atoms with van der Waals surface area (Å²) in [5.74, 6) is 0. The third kappa shape index (κ3) is 3.29. The number of halogens is 1. The van der Waals surface area contributed by atoms with Crippen LogP contribution in [0.25, 0.3) is 6.08 Å². The molecule has 1 aromatic heterocycles. The van der Waals surface area contributed by atoms with Gasteiger partial charge in [0, 0.05) is 24.8 Å². The summed E-state index contributed by atoms with van der Waals surface area (Å²) >= 11 is 3.51. The molecule has 2 unspecified atom stereocenters. The van der Waals surface area contributed by atoms with Gasteiger partial charge in [-0.2, -0.15) is 5.10 Å². The van der Waals surface area contributed by atoms with Crippen molar-refractivity contribution in [3.63, 3.8) is 0 Å². The summed E-state index contributed by atoms with van der Waals surface area (Å²) in [4.78, 5) is 2.70. The van der Waals surface area contributed by atoms with Gasteiger partial charge in [0.1, 0.15) is 0 Å². The van der Waals surface area contributed by atoms with Crippen molar-refractivity contribution in [2.75, 3.05) is 6.54 Å². The number of benzene rings is 1. The summed E-state index contributed by atoms with van der Waals surface area (Å²) < 4.78 is 3.24. The lowest BCUT2D eigenvalue weighted by Gasteiger charge is -2.38. The molecule has 2 aliphatic heterocycles. The maximum Gasteiger partial charge on any atom is 0.0632 e. The number of hydrogen-bond acceptors (Lipinski definition) is 2. The highest BCUT2D eigenvalue weighted by Gasteiger charge is 2.40. The minimum Gasteiger partial charge on any atom is -0.294 e. The number of aromatic nitrogens is 2. The van der Waals surface area contributed by atoms with Gasteiger partial charge < -0.3 is 0 Å². The van der Waals surface area contributed by atoms with E-state index >= 15 is 0 Å². The minimum atomic E-state index is 0.563. The second-order valence-corrected chi connectivity index (χ2v) is 7.57. The third-order valence-electron chi connectivity index (χ3n) is 5.23. The average Bonchev–Trinajstić information content (AvgIpc) is 3.09. The fourth-order valence-electron chi connectivity index (χ4n) is 4.15. The SMILES string of the molecule is Brc1cnn(C2CC3CCC(C2)N3C/C=C/c2ccccc2)c1. The second-order valence-electron chi connectivity index (χ2n) is 6.66. The quantitative estimate of drug-likeness (QED) is 0.787. The molecule has 2 saturated heterocycles. The van der Waals surface area contributed by atoms with Crippen molar-refractivity contribution in [3.8, 4) is 0 Å². The van der Waals surface area contributed by atoms with Gasteiger partial charge in [0.2, 0.25) is 0 Å². The Morgan fingerprint density at radius 2 is 1.83 bits per heavy atom. The molecule has 4 heteroatoms. The maximum absolute atomic E-state index is 4.50. The Hall–Kier alpha value is -1.39. The molecule has 2 fully saturated rings. The van der Waals surface area contributed by atoms with Gasteiger partial charge >= 0.3 is 0 Å². The number of fused-ring (bicyclic) bond motifs is 2. The van der Waals surface area contributed by atoms with Crippen molar-refractivity contribution in [3.05, 3.63) is 58.8 Å². The Morgan fingerprint density at radius 1 is 1.09 bits per heavy atom. The Morgan fingerprint density at radius 3 is 2.48 bits per heavy atom. The number of piperidine rings is 1. The van der Waals surface area contributed by atoms with Crippen LogP contribution in [0, 0.1) is 0 Å². The molecular formula is C19H22BrN3. The van der Waals surface area contributed by atoms with Crippen molar-refractivity contribution in [2.24, 2.45) is 0 Å². The van der Waals surface area contributed by atoms with Crippen molar-refractivity contribution >= 4 is 22.0 Å². The summed E-state index contributed by atoms with van der Waals surface area (Å²) in [5.41, 5.74) is 1.29. The molecule has 23 heavy (non-hydrogen) atoms. The molecule has 0 saturated carbocycles. The van der Waals surface area contributed by atoms with E-state index in [2.05, 4.69) is 79.3 Å². The van der Waals surface area contributed by atoms with Crippen LogP contribution in [-0.4, -0.2) is 33.3 Å². The topological polar surface area (TPSA) is 21.1 Å². The Bertz CT molecular complexity index is 665. The van der Waals surface area contributed by atoms with E-state index in [0.717, 1.165) is 11.0 Å². The van der Waals surface area contributed by atoms with Crippen LogP contribution in [0.4, 0.5) is 0 Å². The van der Waals surface area contributed by atoms with Crippen LogP contribution in [0.2, 0.25) is 0 Å². The third-order valence-corrected chi connectivity index (χ3v) is 5.64. The molecule has 2 aromatic rings. The molecule has 0 radical (unpaired) electrons. The molecule has 4 rings (SSSR count). The predicted octanol–water partition coefficient (Wildman–Crippen LogP) is 4.53. The highest BCUT2D eigenvalue weighted by molar-refractivity contribution is 9.10. The first-order chi connectivity index (χ1) is 11.3. The molecule has 2 aliphatic rings. The molecular weight excluding hydrogens is 350 g/mol. The highest BCUT2D eigenvalue weighted by Crippen LogP contribution is 2.40.